The molecule has 7 N–H and O–H groups in total. The van der Waals surface area contributed by atoms with Crippen molar-refractivity contribution < 1.29 is 51.8 Å². The molecule has 19 nitrogen and oxygen atoms in total. The number of ether oxygens (including phenoxy) is 2. The summed E-state index contributed by atoms with van der Waals surface area (Å²) in [5.74, 6) is -3.54. The molecule has 0 saturated heterocycles. The Hall–Kier alpha value is -10.3. The Morgan fingerprint density at radius 2 is 0.835 bits per heavy atom. The summed E-state index contributed by atoms with van der Waals surface area (Å²) in [7, 11) is -2.25. The maximum Gasteiger partial charge on any atom is 0.295 e. The molecular formula is C59H48N8O11S. The Balaban J connectivity index is 1.06. The summed E-state index contributed by atoms with van der Waals surface area (Å²) < 4.78 is 48.0. The number of phenols is 2. The highest BCUT2D eigenvalue weighted by atomic mass is 32.2. The Morgan fingerprint density at radius 3 is 1.22 bits per heavy atom. The summed E-state index contributed by atoms with van der Waals surface area (Å²) in [6.45, 7) is 4.18. The van der Waals surface area contributed by atoms with Gasteiger partial charge in [0.2, 0.25) is 0 Å². The first-order valence-electron chi connectivity index (χ1n) is 24.1. The number of azo groups is 2. The van der Waals surface area contributed by atoms with Gasteiger partial charge in [-0.3, -0.25) is 23.7 Å². The van der Waals surface area contributed by atoms with Crippen LogP contribution in [-0.2, 0) is 10.1 Å². The average molecular weight is 1080 g/mol. The summed E-state index contributed by atoms with van der Waals surface area (Å²) in [5.41, 5.74) is 0.469. The molecule has 0 heterocycles. The summed E-state index contributed by atoms with van der Waals surface area (Å²) in [5, 5.41) is 53.9. The lowest BCUT2D eigenvalue weighted by molar-refractivity contribution is 0.101. The number of carbonyl (C=O) groups excluding carboxylic acids is 4. The molecule has 0 radical (unpaired) electrons. The fourth-order valence-corrected chi connectivity index (χ4v) is 9.96. The number of nitrogens with one attached hydrogen (secondary N) is 4. The number of rotatable bonds is 15. The van der Waals surface area contributed by atoms with E-state index in [-0.39, 0.29) is 84.6 Å². The van der Waals surface area contributed by atoms with Gasteiger partial charge >= 0.3 is 0 Å². The largest absolute Gasteiger partial charge is 0.505 e. The zero-order valence-electron chi connectivity index (χ0n) is 42.8. The predicted molar refractivity (Wildman–Crippen MR) is 301 cm³/mol. The van der Waals surface area contributed by atoms with Crippen LogP contribution in [0.5, 0.6) is 23.0 Å². The monoisotopic (exact) mass is 1080 g/mol. The van der Waals surface area contributed by atoms with E-state index >= 15 is 0 Å². The van der Waals surface area contributed by atoms with Crippen molar-refractivity contribution in [2.75, 3.05) is 35.5 Å². The molecule has 0 atom stereocenters. The molecule has 0 aliphatic carbocycles. The molecule has 0 bridgehead atoms. The van der Waals surface area contributed by atoms with E-state index in [9.17, 15) is 42.4 Å². The number of para-hydroxylation sites is 2. The maximum atomic E-state index is 14.5. The lowest BCUT2D eigenvalue weighted by Gasteiger charge is -2.22. The molecule has 396 valence electrons. The van der Waals surface area contributed by atoms with Gasteiger partial charge in [-0.05, 0) is 121 Å². The van der Waals surface area contributed by atoms with Crippen LogP contribution in [0.15, 0.2) is 183 Å². The van der Waals surface area contributed by atoms with Crippen molar-refractivity contribution >= 4 is 101 Å². The molecule has 0 aromatic heterocycles. The lowest BCUT2D eigenvalue weighted by atomic mass is 9.99. The Morgan fingerprint density at radius 1 is 0.456 bits per heavy atom. The fraction of sp³-hybridized carbons (Fsp3) is 0.0847. The van der Waals surface area contributed by atoms with E-state index in [4.69, 9.17) is 9.47 Å². The van der Waals surface area contributed by atoms with E-state index in [1.807, 2.05) is 12.1 Å². The molecule has 9 aromatic carbocycles. The van der Waals surface area contributed by atoms with Crippen molar-refractivity contribution in [1.82, 2.24) is 0 Å². The van der Waals surface area contributed by atoms with Gasteiger partial charge < -0.3 is 41.0 Å². The van der Waals surface area contributed by atoms with Gasteiger partial charge in [-0.25, -0.2) is 0 Å². The number of fused-ring (bicyclic) bond motifs is 2. The minimum Gasteiger partial charge on any atom is -0.505 e. The number of aromatic hydroxyl groups is 2. The molecule has 0 fully saturated rings. The molecular weight excluding hydrogens is 1030 g/mol. The third kappa shape index (κ3) is 11.2. The van der Waals surface area contributed by atoms with E-state index in [1.165, 1.54) is 71.4 Å². The quantitative estimate of drug-likeness (QED) is 0.0374. The number of carbonyl (C=O) groups is 4. The highest BCUT2D eigenvalue weighted by Crippen LogP contribution is 2.45. The summed E-state index contributed by atoms with van der Waals surface area (Å²) in [4.78, 5) is 54.9. The molecule has 0 spiro atoms. The standard InChI is InChI=1S/C59H48N8O11S/c1-32-49(62-58(72)43-28-35-16-12-14-22-41(35)51(53(43)68)66-64-45-30-37(24-26-47(45)77-4)56(70)60-39-18-8-6-9-19-39)33(2)55(79(74,75)76)34(3)50(32)63-59(73)44-29-36-17-13-15-23-42(36)52(54(44)69)67-65-46-31-38(25-27-48(46)78-5)57(71)61-40-20-10-7-11-21-40/h6-31,68-69H,1-5H3,(H,60,70)(H,61,71)(H,62,72)(H,63,73)(H,74,75,76). The minimum absolute atomic E-state index is 0.111. The van der Waals surface area contributed by atoms with Crippen molar-refractivity contribution in [2.24, 2.45) is 20.5 Å². The van der Waals surface area contributed by atoms with Gasteiger partial charge in [-0.1, -0.05) is 84.9 Å². The number of methoxy groups -OCH3 is 2. The van der Waals surface area contributed by atoms with Gasteiger partial charge in [-0.2, -0.15) is 8.42 Å². The van der Waals surface area contributed by atoms with Gasteiger partial charge in [0.15, 0.2) is 11.5 Å². The van der Waals surface area contributed by atoms with Crippen LogP contribution in [-0.4, -0.2) is 61.0 Å². The number of nitrogens with zero attached hydrogens (tertiary/aromatic N) is 4. The summed E-state index contributed by atoms with van der Waals surface area (Å²) in [6.07, 6.45) is 0. The second-order valence-electron chi connectivity index (χ2n) is 17.8. The molecule has 9 rings (SSSR count). The first-order valence-corrected chi connectivity index (χ1v) is 25.5. The zero-order valence-corrected chi connectivity index (χ0v) is 43.6. The number of amides is 4. The molecule has 0 unspecified atom stereocenters. The number of benzene rings is 9. The van der Waals surface area contributed by atoms with Crippen LogP contribution in [0.25, 0.3) is 21.5 Å². The number of phenolic OH excluding ortho intramolecular Hbond substituents is 2. The van der Waals surface area contributed by atoms with Crippen LogP contribution in [0.1, 0.15) is 58.1 Å². The third-order valence-corrected chi connectivity index (χ3v) is 14.0. The van der Waals surface area contributed by atoms with Crippen molar-refractivity contribution in [3.63, 3.8) is 0 Å². The van der Waals surface area contributed by atoms with E-state index in [2.05, 4.69) is 41.7 Å². The molecule has 9 aromatic rings. The van der Waals surface area contributed by atoms with E-state index in [0.29, 0.717) is 32.9 Å². The molecule has 0 aliphatic rings. The summed E-state index contributed by atoms with van der Waals surface area (Å²) in [6, 6.07) is 42.9. The molecule has 4 amide bonds. The van der Waals surface area contributed by atoms with Crippen molar-refractivity contribution in [3.8, 4) is 23.0 Å². The Labute approximate surface area is 452 Å². The van der Waals surface area contributed by atoms with Gasteiger partial charge in [0.25, 0.3) is 33.7 Å². The highest BCUT2D eigenvalue weighted by Gasteiger charge is 2.29. The molecule has 0 saturated carbocycles. The second kappa shape index (κ2) is 22.5. The van der Waals surface area contributed by atoms with Gasteiger partial charge in [0, 0.05) is 33.3 Å². The zero-order chi connectivity index (χ0) is 56.1. The van der Waals surface area contributed by atoms with Crippen LogP contribution in [0.4, 0.5) is 45.5 Å². The van der Waals surface area contributed by atoms with Gasteiger partial charge in [-0.15, -0.1) is 20.5 Å². The number of hydrogen-bond donors (Lipinski definition) is 7. The van der Waals surface area contributed by atoms with Crippen LogP contribution in [0, 0.1) is 20.8 Å². The normalized spacial score (nSPS) is 11.5. The third-order valence-electron chi connectivity index (χ3n) is 12.9. The number of anilines is 4. The first kappa shape index (κ1) is 53.5. The van der Waals surface area contributed by atoms with Crippen molar-refractivity contribution in [3.05, 3.63) is 197 Å². The predicted octanol–water partition coefficient (Wildman–Crippen LogP) is 13.4. The number of hydrogen-bond acceptors (Lipinski definition) is 14. The maximum absolute atomic E-state index is 14.5. The van der Waals surface area contributed by atoms with E-state index in [0.717, 1.165) is 0 Å². The fourth-order valence-electron chi connectivity index (χ4n) is 8.98. The molecule has 79 heavy (non-hydrogen) atoms. The topological polar surface area (TPSA) is 279 Å². The molecule has 20 heteroatoms. The van der Waals surface area contributed by atoms with Gasteiger partial charge in [0.05, 0.1) is 36.7 Å². The van der Waals surface area contributed by atoms with Crippen molar-refractivity contribution in [1.29, 1.82) is 0 Å². The van der Waals surface area contributed by atoms with Crippen molar-refractivity contribution in [2.45, 2.75) is 25.7 Å². The molecule has 0 aliphatic heterocycles. The minimum atomic E-state index is -5.07. The Bertz CT molecular complexity index is 3870. The summed E-state index contributed by atoms with van der Waals surface area (Å²) >= 11 is 0. The van der Waals surface area contributed by atoms with Crippen LogP contribution in [0.2, 0.25) is 0 Å². The highest BCUT2D eigenvalue weighted by molar-refractivity contribution is 7.86. The van der Waals surface area contributed by atoms with E-state index < -0.39 is 50.1 Å². The SMILES string of the molecule is COc1ccc(C(=O)Nc2ccccc2)cc1N=Nc1c(O)c(C(=O)Nc2c(C)c(NC(=O)c3cc4ccccc4c(N=Nc4cc(C(=O)Nc5ccccc5)ccc4OC)c3O)c(C)c(S(=O)(=O)O)c2C)cc2ccccc12. The van der Waals surface area contributed by atoms with E-state index in [1.54, 1.807) is 109 Å². The second-order valence-corrected chi connectivity index (χ2v) is 19.2. The Kier molecular flexibility index (Phi) is 15.2. The average Bonchev–Trinajstić information content (AvgIpc) is 3.47. The van der Waals surface area contributed by atoms with Crippen LogP contribution < -0.4 is 30.7 Å². The van der Waals surface area contributed by atoms with Crippen LogP contribution in [0.3, 0.4) is 0 Å². The smallest absolute Gasteiger partial charge is 0.295 e. The lowest BCUT2D eigenvalue weighted by Crippen LogP contribution is -2.20. The first-order chi connectivity index (χ1) is 37.9. The van der Waals surface area contributed by atoms with Gasteiger partial charge in [0.1, 0.15) is 39.1 Å². The van der Waals surface area contributed by atoms with Crippen LogP contribution >= 0.6 is 0 Å².